The molecule has 134 valence electrons. The highest BCUT2D eigenvalue weighted by atomic mass is 16.4. The smallest absolute Gasteiger partial charge is 0.354 e. The van der Waals surface area contributed by atoms with Crippen molar-refractivity contribution in [1.82, 2.24) is 19.6 Å². The molecule has 0 spiro atoms. The van der Waals surface area contributed by atoms with Crippen LogP contribution in [0.1, 0.15) is 27.3 Å². The predicted octanol–water partition coefficient (Wildman–Crippen LogP) is 4.08. The topological polar surface area (TPSA) is 80.4 Å². The zero-order chi connectivity index (χ0) is 19.1. The quantitative estimate of drug-likeness (QED) is 0.597. The molecule has 0 aliphatic rings. The first-order chi connectivity index (χ1) is 13.0. The molecule has 0 fully saturated rings. The Bertz CT molecular complexity index is 1160. The van der Waals surface area contributed by atoms with Crippen LogP contribution in [-0.4, -0.2) is 30.7 Å². The van der Waals surface area contributed by atoms with Crippen molar-refractivity contribution in [2.75, 3.05) is 0 Å². The highest BCUT2D eigenvalue weighted by molar-refractivity contribution is 5.91. The van der Waals surface area contributed by atoms with Crippen LogP contribution in [0, 0.1) is 20.8 Å². The molecule has 0 atom stereocenters. The second kappa shape index (κ2) is 6.32. The molecule has 4 aromatic rings. The molecule has 0 saturated carbocycles. The Morgan fingerprint density at radius 1 is 1.00 bits per heavy atom. The lowest BCUT2D eigenvalue weighted by Gasteiger charge is -2.10. The van der Waals surface area contributed by atoms with Gasteiger partial charge in [0.1, 0.15) is 0 Å². The third-order valence-electron chi connectivity index (χ3n) is 4.69. The van der Waals surface area contributed by atoms with E-state index >= 15 is 0 Å². The van der Waals surface area contributed by atoms with Crippen LogP contribution in [0.4, 0.5) is 0 Å². The van der Waals surface area contributed by atoms with Crippen molar-refractivity contribution < 1.29 is 9.90 Å². The first-order valence-electron chi connectivity index (χ1n) is 8.58. The molecule has 4 rings (SSSR count). The van der Waals surface area contributed by atoms with E-state index in [4.69, 9.17) is 0 Å². The summed E-state index contributed by atoms with van der Waals surface area (Å²) in [6, 6.07) is 11.3. The van der Waals surface area contributed by atoms with E-state index in [0.29, 0.717) is 11.3 Å². The first-order valence-corrected chi connectivity index (χ1v) is 8.58. The summed E-state index contributed by atoms with van der Waals surface area (Å²) in [5.74, 6) is -1.07. The van der Waals surface area contributed by atoms with Gasteiger partial charge in [0.2, 0.25) is 0 Å². The normalized spacial score (nSPS) is 11.1. The minimum absolute atomic E-state index is 0.0123. The molecule has 6 heteroatoms. The Morgan fingerprint density at radius 2 is 1.67 bits per heavy atom. The van der Waals surface area contributed by atoms with E-state index in [-0.39, 0.29) is 5.69 Å². The van der Waals surface area contributed by atoms with E-state index in [0.717, 1.165) is 33.5 Å². The van der Waals surface area contributed by atoms with Crippen LogP contribution >= 0.6 is 0 Å². The summed E-state index contributed by atoms with van der Waals surface area (Å²) in [4.78, 5) is 20.2. The number of aryl methyl sites for hydroxylation is 3. The standard InChI is InChI=1S/C21H18N4O2/c1-12-5-4-6-13(2)18(12)19-14(3)24-25-17(15-7-9-22-10-8-15)11-16(21(26)27)23-20(19)25/h4-11H,1-3H3,(H,26,27). The van der Waals surface area contributed by atoms with Crippen LogP contribution < -0.4 is 0 Å². The number of nitrogens with zero attached hydrogens (tertiary/aromatic N) is 4. The summed E-state index contributed by atoms with van der Waals surface area (Å²) < 4.78 is 1.72. The largest absolute Gasteiger partial charge is 0.477 e. The van der Waals surface area contributed by atoms with Gasteiger partial charge in [-0.05, 0) is 55.7 Å². The number of pyridine rings is 1. The lowest BCUT2D eigenvalue weighted by Crippen LogP contribution is -2.06. The molecule has 6 nitrogen and oxygen atoms in total. The summed E-state index contributed by atoms with van der Waals surface area (Å²) in [6.45, 7) is 6.00. The van der Waals surface area contributed by atoms with E-state index in [9.17, 15) is 9.90 Å². The van der Waals surface area contributed by atoms with Gasteiger partial charge in [-0.2, -0.15) is 5.10 Å². The highest BCUT2D eigenvalue weighted by Crippen LogP contribution is 2.34. The molecule has 0 aliphatic heterocycles. The van der Waals surface area contributed by atoms with Crippen LogP contribution in [0.15, 0.2) is 48.8 Å². The Kier molecular flexibility index (Phi) is 3.96. The molecule has 0 saturated heterocycles. The number of benzene rings is 1. The summed E-state index contributed by atoms with van der Waals surface area (Å²) in [5, 5.41) is 14.3. The van der Waals surface area contributed by atoms with Gasteiger partial charge in [0.15, 0.2) is 11.3 Å². The second-order valence-corrected chi connectivity index (χ2v) is 6.53. The molecular weight excluding hydrogens is 340 g/mol. The molecule has 3 heterocycles. The van der Waals surface area contributed by atoms with Crippen LogP contribution in [-0.2, 0) is 0 Å². The van der Waals surface area contributed by atoms with Crippen molar-refractivity contribution in [1.29, 1.82) is 0 Å². The third kappa shape index (κ3) is 2.75. The number of rotatable bonds is 3. The lowest BCUT2D eigenvalue weighted by atomic mass is 9.96. The number of carboxylic acid groups (broad SMARTS) is 1. The van der Waals surface area contributed by atoms with Gasteiger partial charge >= 0.3 is 5.97 Å². The van der Waals surface area contributed by atoms with Crippen molar-refractivity contribution in [2.45, 2.75) is 20.8 Å². The van der Waals surface area contributed by atoms with Crippen LogP contribution in [0.3, 0.4) is 0 Å². The number of hydrogen-bond acceptors (Lipinski definition) is 4. The van der Waals surface area contributed by atoms with Gasteiger partial charge in [-0.3, -0.25) is 4.98 Å². The number of aromatic carboxylic acids is 1. The fraction of sp³-hybridized carbons (Fsp3) is 0.143. The first kappa shape index (κ1) is 16.9. The monoisotopic (exact) mass is 358 g/mol. The number of fused-ring (bicyclic) bond motifs is 1. The molecule has 0 unspecified atom stereocenters. The van der Waals surface area contributed by atoms with E-state index in [1.807, 2.05) is 51.1 Å². The molecule has 0 aliphatic carbocycles. The number of aromatic nitrogens is 4. The number of carbonyl (C=O) groups is 1. The van der Waals surface area contributed by atoms with E-state index in [2.05, 4.69) is 15.1 Å². The molecule has 27 heavy (non-hydrogen) atoms. The molecule has 3 aromatic heterocycles. The lowest BCUT2D eigenvalue weighted by molar-refractivity contribution is 0.0690. The minimum Gasteiger partial charge on any atom is -0.477 e. The average molecular weight is 358 g/mol. The maximum absolute atomic E-state index is 11.7. The highest BCUT2D eigenvalue weighted by Gasteiger charge is 2.21. The van der Waals surface area contributed by atoms with Crippen molar-refractivity contribution in [3.05, 3.63) is 71.3 Å². The van der Waals surface area contributed by atoms with E-state index < -0.39 is 5.97 Å². The zero-order valence-electron chi connectivity index (χ0n) is 15.3. The minimum atomic E-state index is -1.07. The van der Waals surface area contributed by atoms with Gasteiger partial charge in [-0.1, -0.05) is 18.2 Å². The fourth-order valence-corrected chi connectivity index (χ4v) is 3.46. The van der Waals surface area contributed by atoms with Gasteiger partial charge in [-0.15, -0.1) is 0 Å². The summed E-state index contributed by atoms with van der Waals surface area (Å²) in [7, 11) is 0. The molecule has 1 N–H and O–H groups in total. The second-order valence-electron chi connectivity index (χ2n) is 6.53. The maximum atomic E-state index is 11.7. The summed E-state index contributed by atoms with van der Waals surface area (Å²) in [6.07, 6.45) is 3.34. The van der Waals surface area contributed by atoms with E-state index in [1.54, 1.807) is 23.0 Å². The van der Waals surface area contributed by atoms with Crippen molar-refractivity contribution in [2.24, 2.45) is 0 Å². The van der Waals surface area contributed by atoms with Crippen molar-refractivity contribution in [3.8, 4) is 22.4 Å². The molecule has 0 radical (unpaired) electrons. The fourth-order valence-electron chi connectivity index (χ4n) is 3.46. The number of carboxylic acids is 1. The third-order valence-corrected chi connectivity index (χ3v) is 4.69. The Morgan fingerprint density at radius 3 is 2.30 bits per heavy atom. The molecule has 1 aromatic carbocycles. The van der Waals surface area contributed by atoms with Crippen molar-refractivity contribution in [3.63, 3.8) is 0 Å². The van der Waals surface area contributed by atoms with Gasteiger partial charge in [-0.25, -0.2) is 14.3 Å². The van der Waals surface area contributed by atoms with Gasteiger partial charge in [0.25, 0.3) is 0 Å². The number of hydrogen-bond donors (Lipinski definition) is 1. The predicted molar refractivity (Wildman–Crippen MR) is 103 cm³/mol. The molecular formula is C21H18N4O2. The molecule has 0 bridgehead atoms. The maximum Gasteiger partial charge on any atom is 0.354 e. The van der Waals surface area contributed by atoms with Crippen LogP contribution in [0.5, 0.6) is 0 Å². The summed E-state index contributed by atoms with van der Waals surface area (Å²) >= 11 is 0. The summed E-state index contributed by atoms with van der Waals surface area (Å²) in [5.41, 5.74) is 6.93. The Hall–Kier alpha value is -3.54. The van der Waals surface area contributed by atoms with Crippen LogP contribution in [0.2, 0.25) is 0 Å². The van der Waals surface area contributed by atoms with Gasteiger partial charge < -0.3 is 5.11 Å². The Labute approximate surface area is 156 Å². The average Bonchev–Trinajstić information content (AvgIpc) is 2.97. The SMILES string of the molecule is Cc1cccc(C)c1-c1c(C)nn2c(-c3ccncc3)cc(C(=O)O)nc12. The van der Waals surface area contributed by atoms with Gasteiger partial charge in [0.05, 0.1) is 17.0 Å². The van der Waals surface area contributed by atoms with Gasteiger partial charge in [0, 0.05) is 18.0 Å². The van der Waals surface area contributed by atoms with E-state index in [1.165, 1.54) is 0 Å². The van der Waals surface area contributed by atoms with Crippen LogP contribution in [0.25, 0.3) is 28.0 Å². The van der Waals surface area contributed by atoms with Crippen molar-refractivity contribution >= 4 is 11.6 Å². The molecule has 0 amide bonds. The zero-order valence-corrected chi connectivity index (χ0v) is 15.3. The Balaban J connectivity index is 2.13.